The standard InChI is InChI=1S/C19H28N2O5/c1-11(22)13-15-17-14(16(19(24)25)20(15)18(13)23)12(6-10-26-17)5-9-21(2)7-3-4-8-21/h11-13,15,17,22H,3-10H2,1-2H3/t11-,12+,13-,15+,17+/m1/s1. The van der Waals surface area contributed by atoms with E-state index in [0.717, 1.165) is 29.4 Å². The molecule has 5 atom stereocenters. The van der Waals surface area contributed by atoms with Gasteiger partial charge in [-0.15, -0.1) is 0 Å². The van der Waals surface area contributed by atoms with Crippen LogP contribution in [0.4, 0.5) is 0 Å². The van der Waals surface area contributed by atoms with E-state index in [-0.39, 0.29) is 17.5 Å². The molecule has 4 heterocycles. The maximum absolute atomic E-state index is 12.4. The Balaban J connectivity index is 1.60. The molecular weight excluding hydrogens is 336 g/mol. The van der Waals surface area contributed by atoms with Gasteiger partial charge in [-0.1, -0.05) is 0 Å². The maximum atomic E-state index is 12.4. The van der Waals surface area contributed by atoms with Crippen molar-refractivity contribution in [2.24, 2.45) is 11.8 Å². The van der Waals surface area contributed by atoms with Gasteiger partial charge in [-0.05, 0) is 24.8 Å². The highest BCUT2D eigenvalue weighted by atomic mass is 16.5. The van der Waals surface area contributed by atoms with E-state index in [4.69, 9.17) is 4.74 Å². The smallest absolute Gasteiger partial charge is 0.235 e. The van der Waals surface area contributed by atoms with Crippen molar-refractivity contribution in [3.8, 4) is 0 Å². The second-order valence-corrected chi connectivity index (χ2v) is 8.62. The zero-order valence-electron chi connectivity index (χ0n) is 15.5. The van der Waals surface area contributed by atoms with Crippen LogP contribution in [0.25, 0.3) is 0 Å². The SMILES string of the molecule is C[C@@H](O)[C@H]1C(=O)N2C(C(=O)[O-])=C3[C@@H](CC[N+]4(C)CCCC4)CCO[C@@H]3[C@H]12. The van der Waals surface area contributed by atoms with Crippen LogP contribution in [0.5, 0.6) is 0 Å². The van der Waals surface area contributed by atoms with Gasteiger partial charge < -0.3 is 29.1 Å². The van der Waals surface area contributed by atoms with Crippen LogP contribution >= 0.6 is 0 Å². The molecule has 0 radical (unpaired) electrons. The van der Waals surface area contributed by atoms with Crippen LogP contribution in [-0.4, -0.2) is 77.9 Å². The Kier molecular flexibility index (Phi) is 4.36. The van der Waals surface area contributed by atoms with Crippen LogP contribution in [0.3, 0.4) is 0 Å². The molecule has 0 aromatic carbocycles. The van der Waals surface area contributed by atoms with Gasteiger partial charge in [0.25, 0.3) is 0 Å². The molecule has 4 rings (SSSR count). The lowest BCUT2D eigenvalue weighted by molar-refractivity contribution is -0.898. The Bertz CT molecular complexity index is 652. The number of aliphatic hydroxyl groups is 1. The first-order valence-corrected chi connectivity index (χ1v) is 9.76. The summed E-state index contributed by atoms with van der Waals surface area (Å²) in [5, 5.41) is 21.8. The topological polar surface area (TPSA) is 89.9 Å². The summed E-state index contributed by atoms with van der Waals surface area (Å²) < 4.78 is 6.95. The van der Waals surface area contributed by atoms with Gasteiger partial charge in [-0.2, -0.15) is 0 Å². The van der Waals surface area contributed by atoms with Gasteiger partial charge in [0.1, 0.15) is 6.10 Å². The Morgan fingerprint density at radius 2 is 2.12 bits per heavy atom. The molecular formula is C19H28N2O5. The van der Waals surface area contributed by atoms with E-state index in [2.05, 4.69) is 7.05 Å². The highest BCUT2D eigenvalue weighted by molar-refractivity contribution is 5.99. The molecule has 1 amide bonds. The highest BCUT2D eigenvalue weighted by Gasteiger charge is 2.62. The minimum absolute atomic E-state index is 0.00988. The number of aliphatic carboxylic acids is 1. The lowest BCUT2D eigenvalue weighted by Gasteiger charge is -2.47. The molecule has 0 saturated carbocycles. The van der Waals surface area contributed by atoms with Crippen molar-refractivity contribution >= 4 is 11.9 Å². The number of hydrogen-bond acceptors (Lipinski definition) is 5. The summed E-state index contributed by atoms with van der Waals surface area (Å²) >= 11 is 0. The molecule has 4 aliphatic rings. The van der Waals surface area contributed by atoms with E-state index in [0.29, 0.717) is 6.61 Å². The Morgan fingerprint density at radius 3 is 2.73 bits per heavy atom. The van der Waals surface area contributed by atoms with Crippen molar-refractivity contribution in [2.75, 3.05) is 33.3 Å². The molecule has 0 aliphatic carbocycles. The summed E-state index contributed by atoms with van der Waals surface area (Å²) in [5.74, 6) is -2.12. The minimum atomic E-state index is -1.30. The molecule has 0 bridgehead atoms. The number of carbonyl (C=O) groups excluding carboxylic acids is 2. The molecule has 0 spiro atoms. The van der Waals surface area contributed by atoms with E-state index in [9.17, 15) is 19.8 Å². The van der Waals surface area contributed by atoms with Crippen LogP contribution in [0, 0.1) is 11.8 Å². The molecule has 1 N–H and O–H groups in total. The number of amides is 1. The molecule has 144 valence electrons. The molecule has 0 aromatic rings. The number of fused-ring (bicyclic) bond motifs is 3. The van der Waals surface area contributed by atoms with Crippen LogP contribution < -0.4 is 5.11 Å². The van der Waals surface area contributed by atoms with E-state index >= 15 is 0 Å². The van der Waals surface area contributed by atoms with Gasteiger partial charge in [0.05, 0.1) is 56.4 Å². The number of nitrogens with zero attached hydrogens (tertiary/aromatic N) is 2. The largest absolute Gasteiger partial charge is 0.543 e. The average Bonchev–Trinajstić information content (AvgIpc) is 3.13. The molecule has 7 nitrogen and oxygen atoms in total. The summed E-state index contributed by atoms with van der Waals surface area (Å²) in [6.45, 7) is 5.51. The number of β-lactam (4-membered cyclic amide) rings is 1. The molecule has 3 fully saturated rings. The number of quaternary nitrogens is 1. The van der Waals surface area contributed by atoms with Crippen LogP contribution in [-0.2, 0) is 14.3 Å². The summed E-state index contributed by atoms with van der Waals surface area (Å²) in [4.78, 5) is 25.6. The van der Waals surface area contributed by atoms with Crippen LogP contribution in [0.2, 0.25) is 0 Å². The number of likely N-dealkylation sites (tertiary alicyclic amines) is 1. The third-order valence-electron chi connectivity index (χ3n) is 6.90. The van der Waals surface area contributed by atoms with E-state index < -0.39 is 30.1 Å². The third kappa shape index (κ3) is 2.60. The van der Waals surface area contributed by atoms with Gasteiger partial charge in [0.2, 0.25) is 5.91 Å². The first kappa shape index (κ1) is 17.9. The monoisotopic (exact) mass is 364 g/mol. The molecule has 0 unspecified atom stereocenters. The lowest BCUT2D eigenvalue weighted by Crippen LogP contribution is -2.66. The highest BCUT2D eigenvalue weighted by Crippen LogP contribution is 2.49. The van der Waals surface area contributed by atoms with Gasteiger partial charge in [-0.3, -0.25) is 4.79 Å². The van der Waals surface area contributed by atoms with Crippen molar-refractivity contribution in [3.05, 3.63) is 11.3 Å². The van der Waals surface area contributed by atoms with Gasteiger partial charge in [0.15, 0.2) is 0 Å². The number of carbonyl (C=O) groups is 2. The fourth-order valence-electron chi connectivity index (χ4n) is 5.48. The predicted molar refractivity (Wildman–Crippen MR) is 90.3 cm³/mol. The molecule has 26 heavy (non-hydrogen) atoms. The summed E-state index contributed by atoms with van der Waals surface area (Å²) in [5.41, 5.74) is 0.735. The predicted octanol–water partition coefficient (Wildman–Crippen LogP) is -0.753. The minimum Gasteiger partial charge on any atom is -0.543 e. The van der Waals surface area contributed by atoms with Crippen molar-refractivity contribution in [3.63, 3.8) is 0 Å². The summed E-state index contributed by atoms with van der Waals surface area (Å²) in [6.07, 6.45) is 2.94. The molecule has 7 heteroatoms. The van der Waals surface area contributed by atoms with E-state index in [1.807, 2.05) is 0 Å². The normalized spacial score (nSPS) is 36.6. The number of ether oxygens (including phenoxy) is 1. The van der Waals surface area contributed by atoms with Crippen molar-refractivity contribution in [2.45, 2.75) is 50.9 Å². The zero-order chi connectivity index (χ0) is 18.6. The first-order valence-electron chi connectivity index (χ1n) is 9.76. The number of hydrogen-bond donors (Lipinski definition) is 1. The van der Waals surface area contributed by atoms with Crippen molar-refractivity contribution < 1.29 is 29.0 Å². The second kappa shape index (κ2) is 6.32. The van der Waals surface area contributed by atoms with Gasteiger partial charge in [0, 0.05) is 25.9 Å². The summed E-state index contributed by atoms with van der Waals surface area (Å²) in [7, 11) is 2.27. The fourth-order valence-corrected chi connectivity index (χ4v) is 5.48. The number of carboxylic acid groups (broad SMARTS) is 1. The van der Waals surface area contributed by atoms with Crippen molar-refractivity contribution in [1.29, 1.82) is 0 Å². The lowest BCUT2D eigenvalue weighted by atomic mass is 9.78. The van der Waals surface area contributed by atoms with E-state index in [1.54, 1.807) is 6.92 Å². The van der Waals surface area contributed by atoms with Crippen LogP contribution in [0.15, 0.2) is 11.3 Å². The molecule has 3 saturated heterocycles. The first-order chi connectivity index (χ1) is 12.3. The number of rotatable bonds is 5. The zero-order valence-corrected chi connectivity index (χ0v) is 15.5. The van der Waals surface area contributed by atoms with Gasteiger partial charge >= 0.3 is 0 Å². The Hall–Kier alpha value is -1.44. The van der Waals surface area contributed by atoms with Gasteiger partial charge in [-0.25, -0.2) is 0 Å². The molecule has 4 aliphatic heterocycles. The maximum Gasteiger partial charge on any atom is 0.235 e. The Labute approximate surface area is 153 Å². The van der Waals surface area contributed by atoms with Crippen molar-refractivity contribution in [1.82, 2.24) is 4.90 Å². The summed E-state index contributed by atoms with van der Waals surface area (Å²) in [6, 6.07) is -0.398. The Morgan fingerprint density at radius 1 is 1.42 bits per heavy atom. The quantitative estimate of drug-likeness (QED) is 0.512. The van der Waals surface area contributed by atoms with Crippen LogP contribution in [0.1, 0.15) is 32.6 Å². The number of carboxylic acids is 1. The molecule has 0 aromatic heterocycles. The van der Waals surface area contributed by atoms with E-state index in [1.165, 1.54) is 30.8 Å². The second-order valence-electron chi connectivity index (χ2n) is 8.62. The third-order valence-corrected chi connectivity index (χ3v) is 6.90. The number of aliphatic hydroxyl groups excluding tert-OH is 1. The average molecular weight is 364 g/mol. The fraction of sp³-hybridized carbons (Fsp3) is 0.789.